The van der Waals surface area contributed by atoms with Gasteiger partial charge in [-0.2, -0.15) is 0 Å². The van der Waals surface area contributed by atoms with Crippen LogP contribution in [0.25, 0.3) is 22.4 Å². The smallest absolute Gasteiger partial charge is 0.273 e. The number of hydrazine groups is 1. The lowest BCUT2D eigenvalue weighted by Crippen LogP contribution is -2.41. The maximum atomic E-state index is 12.8. The van der Waals surface area contributed by atoms with Crippen molar-refractivity contribution >= 4 is 22.7 Å². The number of aromatic nitrogens is 1. The highest BCUT2D eigenvalue weighted by Gasteiger charge is 2.17. The highest BCUT2D eigenvalue weighted by Crippen LogP contribution is 2.26. The van der Waals surface area contributed by atoms with Crippen molar-refractivity contribution in [1.29, 1.82) is 0 Å². The largest absolute Gasteiger partial charge is 0.469 e. The molecule has 3 aromatic heterocycles. The van der Waals surface area contributed by atoms with E-state index < -0.39 is 11.8 Å². The molecule has 7 nitrogen and oxygen atoms in total. The number of benzene rings is 1. The first-order valence-electron chi connectivity index (χ1n) is 8.64. The van der Waals surface area contributed by atoms with Gasteiger partial charge in [-0.3, -0.25) is 20.4 Å². The Bertz CT molecular complexity index is 1190. The Balaban J connectivity index is 1.65. The second-order valence-electron chi connectivity index (χ2n) is 6.28. The number of nitrogens with one attached hydrogen (secondary N) is 2. The number of fused-ring (bicyclic) bond motifs is 1. The lowest BCUT2D eigenvalue weighted by molar-refractivity contribution is 0.0846. The second kappa shape index (κ2) is 7.03. The van der Waals surface area contributed by atoms with Crippen molar-refractivity contribution in [3.63, 3.8) is 0 Å². The van der Waals surface area contributed by atoms with Crippen molar-refractivity contribution in [2.75, 3.05) is 0 Å². The Kier molecular flexibility index (Phi) is 4.41. The van der Waals surface area contributed by atoms with Crippen molar-refractivity contribution < 1.29 is 18.4 Å². The highest BCUT2D eigenvalue weighted by atomic mass is 16.3. The molecule has 4 rings (SSSR count). The third-order valence-electron chi connectivity index (χ3n) is 4.35. The van der Waals surface area contributed by atoms with Crippen LogP contribution in [0.3, 0.4) is 0 Å². The molecule has 2 amide bonds. The van der Waals surface area contributed by atoms with Gasteiger partial charge in [0, 0.05) is 5.39 Å². The number of carbonyl (C=O) groups excluding carboxylic acids is 2. The van der Waals surface area contributed by atoms with Crippen LogP contribution in [0.1, 0.15) is 32.2 Å². The summed E-state index contributed by atoms with van der Waals surface area (Å²) in [5, 5.41) is 0.667. The lowest BCUT2D eigenvalue weighted by atomic mass is 10.1. The van der Waals surface area contributed by atoms with Crippen LogP contribution < -0.4 is 10.9 Å². The number of hydrogen-bond acceptors (Lipinski definition) is 5. The summed E-state index contributed by atoms with van der Waals surface area (Å²) in [7, 11) is 0. The van der Waals surface area contributed by atoms with Gasteiger partial charge in [0.1, 0.15) is 17.2 Å². The zero-order valence-corrected chi connectivity index (χ0v) is 15.3. The van der Waals surface area contributed by atoms with Crippen LogP contribution in [0, 0.1) is 13.8 Å². The Morgan fingerprint density at radius 3 is 2.36 bits per heavy atom. The minimum absolute atomic E-state index is 0.353. The van der Waals surface area contributed by atoms with E-state index in [1.807, 2.05) is 31.2 Å². The van der Waals surface area contributed by atoms with Crippen LogP contribution in [0.4, 0.5) is 0 Å². The zero-order chi connectivity index (χ0) is 19.7. The van der Waals surface area contributed by atoms with E-state index in [1.165, 1.54) is 12.3 Å². The number of pyridine rings is 1. The molecular weight excluding hydrogens is 358 g/mol. The fourth-order valence-corrected chi connectivity index (χ4v) is 2.93. The Morgan fingerprint density at radius 1 is 0.929 bits per heavy atom. The molecule has 0 bridgehead atoms. The van der Waals surface area contributed by atoms with Gasteiger partial charge in [0.2, 0.25) is 0 Å². The SMILES string of the molecule is Cc1ccc(-c2cc(C(=O)NNC(=O)c3ccoc3C)c3ccccc3n2)o1. The first-order chi connectivity index (χ1) is 13.5. The zero-order valence-electron chi connectivity index (χ0n) is 15.3. The predicted octanol–water partition coefficient (Wildman–Crippen LogP) is 3.78. The van der Waals surface area contributed by atoms with E-state index in [1.54, 1.807) is 25.1 Å². The maximum Gasteiger partial charge on any atom is 0.273 e. The van der Waals surface area contributed by atoms with Crippen molar-refractivity contribution in [2.45, 2.75) is 13.8 Å². The van der Waals surface area contributed by atoms with Gasteiger partial charge in [-0.15, -0.1) is 0 Å². The molecule has 28 heavy (non-hydrogen) atoms. The topological polar surface area (TPSA) is 97.4 Å². The summed E-state index contributed by atoms with van der Waals surface area (Å²) in [6.07, 6.45) is 1.42. The Labute approximate surface area is 160 Å². The molecule has 1 aromatic carbocycles. The number of aryl methyl sites for hydroxylation is 2. The summed E-state index contributed by atoms with van der Waals surface area (Å²) in [6, 6.07) is 14.1. The van der Waals surface area contributed by atoms with E-state index >= 15 is 0 Å². The predicted molar refractivity (Wildman–Crippen MR) is 103 cm³/mol. The molecule has 0 unspecified atom stereocenters. The molecule has 140 valence electrons. The molecule has 0 spiro atoms. The Hall–Kier alpha value is -3.87. The molecule has 0 saturated heterocycles. The van der Waals surface area contributed by atoms with Crippen LogP contribution in [0.5, 0.6) is 0 Å². The molecule has 3 heterocycles. The molecule has 4 aromatic rings. The van der Waals surface area contributed by atoms with Gasteiger partial charge in [-0.25, -0.2) is 4.98 Å². The number of hydrogen-bond donors (Lipinski definition) is 2. The van der Waals surface area contributed by atoms with Crippen molar-refractivity contribution in [3.05, 3.63) is 77.4 Å². The second-order valence-corrected chi connectivity index (χ2v) is 6.28. The summed E-state index contributed by atoms with van der Waals surface area (Å²) in [5.41, 5.74) is 6.77. The van der Waals surface area contributed by atoms with Gasteiger partial charge in [0.15, 0.2) is 5.76 Å². The van der Waals surface area contributed by atoms with Crippen LogP contribution in [-0.2, 0) is 0 Å². The van der Waals surface area contributed by atoms with E-state index in [2.05, 4.69) is 15.8 Å². The van der Waals surface area contributed by atoms with Gasteiger partial charge in [0.05, 0.1) is 22.9 Å². The summed E-state index contributed by atoms with van der Waals surface area (Å²) >= 11 is 0. The minimum atomic E-state index is -0.461. The van der Waals surface area contributed by atoms with Crippen molar-refractivity contribution in [3.8, 4) is 11.5 Å². The third-order valence-corrected chi connectivity index (χ3v) is 4.35. The number of amides is 2. The molecule has 0 aliphatic heterocycles. The van der Waals surface area contributed by atoms with E-state index in [9.17, 15) is 9.59 Å². The van der Waals surface area contributed by atoms with Gasteiger partial charge in [-0.05, 0) is 44.2 Å². The molecule has 0 aliphatic carbocycles. The number of rotatable bonds is 3. The number of carbonyl (C=O) groups is 2. The maximum absolute atomic E-state index is 12.8. The van der Waals surface area contributed by atoms with E-state index in [0.717, 1.165) is 5.76 Å². The third kappa shape index (κ3) is 3.25. The Morgan fingerprint density at radius 2 is 1.68 bits per heavy atom. The monoisotopic (exact) mass is 375 g/mol. The van der Waals surface area contributed by atoms with Crippen molar-refractivity contribution in [1.82, 2.24) is 15.8 Å². The first kappa shape index (κ1) is 17.5. The van der Waals surface area contributed by atoms with Crippen LogP contribution in [0.2, 0.25) is 0 Å². The van der Waals surface area contributed by atoms with Gasteiger partial charge >= 0.3 is 0 Å². The molecule has 0 radical (unpaired) electrons. The van der Waals surface area contributed by atoms with Crippen LogP contribution in [-0.4, -0.2) is 16.8 Å². The summed E-state index contributed by atoms with van der Waals surface area (Å²) in [5.74, 6) is 0.864. The molecule has 0 saturated carbocycles. The molecule has 0 fully saturated rings. The fourth-order valence-electron chi connectivity index (χ4n) is 2.93. The number of para-hydroxylation sites is 1. The van der Waals surface area contributed by atoms with E-state index in [-0.39, 0.29) is 0 Å². The molecular formula is C21H17N3O4. The number of furan rings is 2. The average molecular weight is 375 g/mol. The first-order valence-corrected chi connectivity index (χ1v) is 8.64. The average Bonchev–Trinajstić information content (AvgIpc) is 3.33. The van der Waals surface area contributed by atoms with E-state index in [0.29, 0.717) is 39.2 Å². The van der Waals surface area contributed by atoms with Crippen LogP contribution >= 0.6 is 0 Å². The van der Waals surface area contributed by atoms with Gasteiger partial charge < -0.3 is 8.83 Å². The molecule has 0 atom stereocenters. The summed E-state index contributed by atoms with van der Waals surface area (Å²) in [6.45, 7) is 3.51. The van der Waals surface area contributed by atoms with Crippen LogP contribution in [0.15, 0.2) is 63.6 Å². The standard InChI is InChI=1S/C21H17N3O4/c1-12-7-8-19(28-12)18-11-16(15-5-3-4-6-17(15)22-18)21(26)24-23-20(25)14-9-10-27-13(14)2/h3-11H,1-2H3,(H,23,25)(H,24,26). The van der Waals surface area contributed by atoms with Gasteiger partial charge in [0.25, 0.3) is 11.8 Å². The summed E-state index contributed by atoms with van der Waals surface area (Å²) < 4.78 is 10.7. The minimum Gasteiger partial charge on any atom is -0.469 e. The quantitative estimate of drug-likeness (QED) is 0.531. The fraction of sp³-hybridized carbons (Fsp3) is 0.0952. The molecule has 2 N–H and O–H groups in total. The van der Waals surface area contributed by atoms with E-state index in [4.69, 9.17) is 8.83 Å². The molecule has 7 heteroatoms. The van der Waals surface area contributed by atoms with Crippen molar-refractivity contribution in [2.24, 2.45) is 0 Å². The lowest BCUT2D eigenvalue weighted by Gasteiger charge is -2.10. The summed E-state index contributed by atoms with van der Waals surface area (Å²) in [4.78, 5) is 29.6. The number of nitrogens with zero attached hydrogens (tertiary/aromatic N) is 1. The normalized spacial score (nSPS) is 10.8. The van der Waals surface area contributed by atoms with Gasteiger partial charge in [-0.1, -0.05) is 18.2 Å². The highest BCUT2D eigenvalue weighted by molar-refractivity contribution is 6.08. The molecule has 0 aliphatic rings.